The first-order valence-electron chi connectivity index (χ1n) is 8.29. The van der Waals surface area contributed by atoms with Gasteiger partial charge in [-0.25, -0.2) is 0 Å². The Hall–Kier alpha value is -1.84. The van der Waals surface area contributed by atoms with E-state index in [-0.39, 0.29) is 23.7 Å². The van der Waals surface area contributed by atoms with Gasteiger partial charge in [-0.2, -0.15) is 0 Å². The highest BCUT2D eigenvalue weighted by atomic mass is 16.4. The van der Waals surface area contributed by atoms with Gasteiger partial charge in [0.2, 0.25) is 5.91 Å². The maximum absolute atomic E-state index is 12.6. The van der Waals surface area contributed by atoms with Gasteiger partial charge in [0.05, 0.1) is 11.8 Å². The first-order valence-corrected chi connectivity index (χ1v) is 8.29. The first kappa shape index (κ1) is 13.8. The predicted octanol–water partition coefficient (Wildman–Crippen LogP) is 2.86. The normalized spacial score (nSPS) is 32.0. The fourth-order valence-electron chi connectivity index (χ4n) is 4.90. The molecule has 2 saturated carbocycles. The van der Waals surface area contributed by atoms with E-state index in [2.05, 4.69) is 17.4 Å². The van der Waals surface area contributed by atoms with Crippen LogP contribution in [0, 0.1) is 23.7 Å². The molecule has 0 spiro atoms. The number of carboxylic acids is 1. The van der Waals surface area contributed by atoms with Crippen LogP contribution in [-0.4, -0.2) is 17.0 Å². The highest BCUT2D eigenvalue weighted by molar-refractivity contribution is 5.96. The summed E-state index contributed by atoms with van der Waals surface area (Å²) in [6.07, 6.45) is 6.24. The Bertz CT molecular complexity index is 639. The van der Waals surface area contributed by atoms with Crippen LogP contribution in [0.5, 0.6) is 0 Å². The van der Waals surface area contributed by atoms with Crippen LogP contribution in [0.3, 0.4) is 0 Å². The van der Waals surface area contributed by atoms with Crippen LogP contribution in [-0.2, 0) is 22.4 Å². The minimum absolute atomic E-state index is 0.0995. The van der Waals surface area contributed by atoms with Crippen LogP contribution in [0.4, 0.5) is 5.69 Å². The molecule has 1 aromatic rings. The lowest BCUT2D eigenvalue weighted by Crippen LogP contribution is -2.37. The zero-order valence-electron chi connectivity index (χ0n) is 12.5. The van der Waals surface area contributed by atoms with E-state index in [0.717, 1.165) is 37.8 Å². The van der Waals surface area contributed by atoms with Crippen LogP contribution in [0.25, 0.3) is 0 Å². The van der Waals surface area contributed by atoms with E-state index in [1.807, 2.05) is 6.07 Å². The van der Waals surface area contributed by atoms with Crippen molar-refractivity contribution in [3.63, 3.8) is 0 Å². The Morgan fingerprint density at radius 3 is 2.55 bits per heavy atom. The number of carbonyl (C=O) groups is 2. The number of benzene rings is 1. The standard InChI is InChI=1S/C18H21NO3/c20-17(15-12-4-5-13(8-12)16(15)18(21)22)19-14-7-6-10-2-1-3-11(10)9-14/h6-7,9,12-13,15-16H,1-5,8H2,(H,19,20)(H,21,22)/t12-,13-,15+,16+/m0/s1. The summed E-state index contributed by atoms with van der Waals surface area (Å²) >= 11 is 0. The van der Waals surface area contributed by atoms with Crippen molar-refractivity contribution in [1.29, 1.82) is 0 Å². The third-order valence-electron chi connectivity index (χ3n) is 5.87. The van der Waals surface area contributed by atoms with Crippen LogP contribution in [0.15, 0.2) is 18.2 Å². The molecule has 0 aromatic heterocycles. The van der Waals surface area contributed by atoms with Crippen LogP contribution in [0.1, 0.15) is 36.8 Å². The summed E-state index contributed by atoms with van der Waals surface area (Å²) in [5.74, 6) is -1.31. The Morgan fingerprint density at radius 1 is 1.05 bits per heavy atom. The minimum atomic E-state index is -0.804. The van der Waals surface area contributed by atoms with Crippen molar-refractivity contribution in [1.82, 2.24) is 0 Å². The summed E-state index contributed by atoms with van der Waals surface area (Å²) in [6, 6.07) is 6.10. The monoisotopic (exact) mass is 299 g/mol. The predicted molar refractivity (Wildman–Crippen MR) is 82.5 cm³/mol. The molecule has 4 atom stereocenters. The molecular weight excluding hydrogens is 278 g/mol. The van der Waals surface area contributed by atoms with Gasteiger partial charge in [-0.05, 0) is 73.6 Å². The van der Waals surface area contributed by atoms with E-state index in [0.29, 0.717) is 0 Å². The quantitative estimate of drug-likeness (QED) is 0.902. The lowest BCUT2D eigenvalue weighted by Gasteiger charge is -2.27. The molecule has 116 valence electrons. The molecule has 0 saturated heterocycles. The molecule has 0 aliphatic heterocycles. The number of carboxylic acid groups (broad SMARTS) is 1. The van der Waals surface area contributed by atoms with Gasteiger partial charge in [0.15, 0.2) is 0 Å². The SMILES string of the molecule is O=C(O)[C@@H]1[C@H]2CC[C@@H](C2)[C@H]1C(=O)Nc1ccc2c(c1)CCC2. The molecule has 1 aromatic carbocycles. The fourth-order valence-corrected chi connectivity index (χ4v) is 4.90. The van der Waals surface area contributed by atoms with Crippen LogP contribution >= 0.6 is 0 Å². The second-order valence-corrected chi connectivity index (χ2v) is 7.05. The number of aliphatic carboxylic acids is 1. The molecule has 4 nitrogen and oxygen atoms in total. The molecule has 0 unspecified atom stereocenters. The summed E-state index contributed by atoms with van der Waals surface area (Å²) in [7, 11) is 0. The lowest BCUT2D eigenvalue weighted by molar-refractivity contribution is -0.148. The Balaban J connectivity index is 1.53. The Morgan fingerprint density at radius 2 is 1.77 bits per heavy atom. The van der Waals surface area contributed by atoms with Gasteiger partial charge in [-0.15, -0.1) is 0 Å². The zero-order valence-corrected chi connectivity index (χ0v) is 12.5. The number of rotatable bonds is 3. The van der Waals surface area contributed by atoms with Gasteiger partial charge in [0, 0.05) is 5.69 Å². The van der Waals surface area contributed by atoms with Gasteiger partial charge in [-0.3, -0.25) is 9.59 Å². The topological polar surface area (TPSA) is 66.4 Å². The molecule has 3 aliphatic rings. The summed E-state index contributed by atoms with van der Waals surface area (Å²) in [5, 5.41) is 12.4. The molecule has 0 heterocycles. The van der Waals surface area contributed by atoms with Crippen LogP contribution < -0.4 is 5.32 Å². The third kappa shape index (κ3) is 2.13. The Kier molecular flexibility index (Phi) is 3.21. The van der Waals surface area contributed by atoms with E-state index >= 15 is 0 Å². The summed E-state index contributed by atoms with van der Waals surface area (Å²) in [6.45, 7) is 0. The Labute approximate surface area is 129 Å². The minimum Gasteiger partial charge on any atom is -0.481 e. The average molecular weight is 299 g/mol. The van der Waals surface area contributed by atoms with E-state index in [1.54, 1.807) is 0 Å². The lowest BCUT2D eigenvalue weighted by atomic mass is 9.78. The molecule has 2 fully saturated rings. The van der Waals surface area contributed by atoms with Gasteiger partial charge in [-0.1, -0.05) is 6.07 Å². The van der Waals surface area contributed by atoms with E-state index in [1.165, 1.54) is 17.5 Å². The molecule has 4 heteroatoms. The fraction of sp³-hybridized carbons (Fsp3) is 0.556. The molecule has 2 bridgehead atoms. The van der Waals surface area contributed by atoms with Gasteiger partial charge >= 0.3 is 5.97 Å². The molecule has 22 heavy (non-hydrogen) atoms. The number of anilines is 1. The van der Waals surface area contributed by atoms with E-state index in [9.17, 15) is 14.7 Å². The smallest absolute Gasteiger partial charge is 0.307 e. The second-order valence-electron chi connectivity index (χ2n) is 7.05. The van der Waals surface area contributed by atoms with E-state index < -0.39 is 11.9 Å². The maximum atomic E-state index is 12.6. The summed E-state index contributed by atoms with van der Waals surface area (Å²) < 4.78 is 0. The highest BCUT2D eigenvalue weighted by Gasteiger charge is 2.53. The van der Waals surface area contributed by atoms with E-state index in [4.69, 9.17) is 0 Å². The van der Waals surface area contributed by atoms with Crippen molar-refractivity contribution < 1.29 is 14.7 Å². The molecule has 0 radical (unpaired) electrons. The maximum Gasteiger partial charge on any atom is 0.307 e. The first-order chi connectivity index (χ1) is 10.6. The number of nitrogens with one attached hydrogen (secondary N) is 1. The molecule has 2 N–H and O–H groups in total. The zero-order chi connectivity index (χ0) is 15.3. The number of carbonyl (C=O) groups excluding carboxylic acids is 1. The third-order valence-corrected chi connectivity index (χ3v) is 5.87. The van der Waals surface area contributed by atoms with Crippen molar-refractivity contribution in [3.8, 4) is 0 Å². The number of hydrogen-bond acceptors (Lipinski definition) is 2. The van der Waals surface area contributed by atoms with Gasteiger partial charge < -0.3 is 10.4 Å². The average Bonchev–Trinajstić information content (AvgIpc) is 3.20. The van der Waals surface area contributed by atoms with Gasteiger partial charge in [0.1, 0.15) is 0 Å². The number of aryl methyl sites for hydroxylation is 2. The van der Waals surface area contributed by atoms with Crippen molar-refractivity contribution in [2.45, 2.75) is 38.5 Å². The second kappa shape index (κ2) is 5.11. The molecule has 1 amide bonds. The van der Waals surface area contributed by atoms with Crippen molar-refractivity contribution in [3.05, 3.63) is 29.3 Å². The number of amides is 1. The van der Waals surface area contributed by atoms with Crippen molar-refractivity contribution in [2.24, 2.45) is 23.7 Å². The molecular formula is C18H21NO3. The summed E-state index contributed by atoms with van der Waals surface area (Å²) in [4.78, 5) is 24.2. The molecule has 3 aliphatic carbocycles. The highest BCUT2D eigenvalue weighted by Crippen LogP contribution is 2.52. The number of hydrogen-bond donors (Lipinski definition) is 2. The molecule has 4 rings (SSSR count). The van der Waals surface area contributed by atoms with Crippen molar-refractivity contribution >= 4 is 17.6 Å². The van der Waals surface area contributed by atoms with Gasteiger partial charge in [0.25, 0.3) is 0 Å². The van der Waals surface area contributed by atoms with Crippen molar-refractivity contribution in [2.75, 3.05) is 5.32 Å². The van der Waals surface area contributed by atoms with Crippen LogP contribution in [0.2, 0.25) is 0 Å². The summed E-state index contributed by atoms with van der Waals surface area (Å²) in [5.41, 5.74) is 3.51. The largest absolute Gasteiger partial charge is 0.481 e. The number of fused-ring (bicyclic) bond motifs is 3.